The standard InChI is InChI=1S/C11H11F3O4S/c1-19(15,16)17-6-7-5-8-9(11(12,13)14)3-2-4-10(8)18-7/h2-4,7H,5-6H2,1H3. The third kappa shape index (κ3) is 3.38. The Morgan fingerprint density at radius 2 is 2.11 bits per heavy atom. The first-order valence-electron chi connectivity index (χ1n) is 5.37. The molecule has 8 heteroatoms. The Kier molecular flexibility index (Phi) is 3.48. The minimum absolute atomic E-state index is 0.0272. The molecule has 0 fully saturated rings. The van der Waals surface area contributed by atoms with Gasteiger partial charge in [-0.25, -0.2) is 0 Å². The van der Waals surface area contributed by atoms with Crippen molar-refractivity contribution < 1.29 is 30.5 Å². The van der Waals surface area contributed by atoms with Crippen LogP contribution in [0.2, 0.25) is 0 Å². The van der Waals surface area contributed by atoms with Crippen molar-refractivity contribution in [3.05, 3.63) is 29.3 Å². The molecule has 19 heavy (non-hydrogen) atoms. The highest BCUT2D eigenvalue weighted by Gasteiger charge is 2.38. The van der Waals surface area contributed by atoms with E-state index in [-0.39, 0.29) is 24.3 Å². The predicted molar refractivity (Wildman–Crippen MR) is 60.4 cm³/mol. The van der Waals surface area contributed by atoms with Crippen molar-refractivity contribution in [3.63, 3.8) is 0 Å². The van der Waals surface area contributed by atoms with Gasteiger partial charge < -0.3 is 4.74 Å². The fourth-order valence-corrected chi connectivity index (χ4v) is 2.29. The largest absolute Gasteiger partial charge is 0.487 e. The number of benzene rings is 1. The van der Waals surface area contributed by atoms with Gasteiger partial charge in [-0.3, -0.25) is 4.18 Å². The molecule has 1 heterocycles. The third-order valence-corrected chi connectivity index (χ3v) is 3.20. The first kappa shape index (κ1) is 14.1. The number of rotatable bonds is 3. The molecule has 106 valence electrons. The van der Waals surface area contributed by atoms with Gasteiger partial charge in [-0.2, -0.15) is 21.6 Å². The molecule has 1 aromatic carbocycles. The fraction of sp³-hybridized carbons (Fsp3) is 0.455. The topological polar surface area (TPSA) is 52.6 Å². The monoisotopic (exact) mass is 296 g/mol. The molecule has 1 aliphatic heterocycles. The molecule has 1 aliphatic rings. The van der Waals surface area contributed by atoms with E-state index in [9.17, 15) is 21.6 Å². The van der Waals surface area contributed by atoms with E-state index in [1.807, 2.05) is 0 Å². The lowest BCUT2D eigenvalue weighted by atomic mass is 10.0. The summed E-state index contributed by atoms with van der Waals surface area (Å²) in [5, 5.41) is 0. The maximum atomic E-state index is 12.8. The Balaban J connectivity index is 2.16. The molecule has 0 bridgehead atoms. The normalized spacial score (nSPS) is 19.1. The third-order valence-electron chi connectivity index (χ3n) is 2.63. The molecule has 1 atom stereocenters. The molecule has 0 amide bonds. The lowest BCUT2D eigenvalue weighted by molar-refractivity contribution is -0.138. The molecule has 0 aromatic heterocycles. The number of hydrogen-bond acceptors (Lipinski definition) is 4. The van der Waals surface area contributed by atoms with Gasteiger partial charge in [-0.1, -0.05) is 6.07 Å². The second kappa shape index (κ2) is 4.68. The van der Waals surface area contributed by atoms with Gasteiger partial charge in [0.05, 0.1) is 11.8 Å². The van der Waals surface area contributed by atoms with Crippen LogP contribution in [0.1, 0.15) is 11.1 Å². The number of fused-ring (bicyclic) bond motifs is 1. The lowest BCUT2D eigenvalue weighted by Gasteiger charge is -2.09. The SMILES string of the molecule is CS(=O)(=O)OCC1Cc2c(cccc2C(F)(F)F)O1. The second-order valence-corrected chi connectivity index (χ2v) is 5.86. The number of alkyl halides is 3. The highest BCUT2D eigenvalue weighted by molar-refractivity contribution is 7.85. The van der Waals surface area contributed by atoms with E-state index < -0.39 is 28.0 Å². The summed E-state index contributed by atoms with van der Waals surface area (Å²) < 4.78 is 69.7. The van der Waals surface area contributed by atoms with Crippen LogP contribution >= 0.6 is 0 Å². The molecule has 0 spiro atoms. The van der Waals surface area contributed by atoms with Crippen LogP contribution in [0.25, 0.3) is 0 Å². The summed E-state index contributed by atoms with van der Waals surface area (Å²) in [5.41, 5.74) is -0.719. The van der Waals surface area contributed by atoms with Gasteiger partial charge >= 0.3 is 6.18 Å². The molecular weight excluding hydrogens is 285 g/mol. The summed E-state index contributed by atoms with van der Waals surface area (Å²) >= 11 is 0. The quantitative estimate of drug-likeness (QED) is 0.800. The minimum Gasteiger partial charge on any atom is -0.487 e. The Hall–Kier alpha value is -1.28. The molecule has 4 nitrogen and oxygen atoms in total. The second-order valence-electron chi connectivity index (χ2n) is 4.21. The van der Waals surface area contributed by atoms with Crippen LogP contribution in [-0.4, -0.2) is 27.4 Å². The zero-order chi connectivity index (χ0) is 14.3. The van der Waals surface area contributed by atoms with Crippen LogP contribution in [0.5, 0.6) is 5.75 Å². The van der Waals surface area contributed by atoms with Crippen LogP contribution in [-0.2, 0) is 26.9 Å². The maximum absolute atomic E-state index is 12.8. The van der Waals surface area contributed by atoms with Crippen LogP contribution in [0.15, 0.2) is 18.2 Å². The molecular formula is C11H11F3O4S. The molecule has 2 rings (SSSR count). The molecule has 0 aliphatic carbocycles. The fourth-order valence-electron chi connectivity index (χ4n) is 1.89. The predicted octanol–water partition coefficient (Wildman–Crippen LogP) is 1.99. The molecule has 0 radical (unpaired) electrons. The van der Waals surface area contributed by atoms with E-state index in [1.165, 1.54) is 12.1 Å². The van der Waals surface area contributed by atoms with Gasteiger partial charge in [0.15, 0.2) is 0 Å². The van der Waals surface area contributed by atoms with Crippen LogP contribution < -0.4 is 4.74 Å². The Morgan fingerprint density at radius 3 is 2.68 bits per heavy atom. The van der Waals surface area contributed by atoms with Gasteiger partial charge in [0.2, 0.25) is 0 Å². The summed E-state index contributed by atoms with van der Waals surface area (Å²) in [6.07, 6.45) is -4.34. The number of halogens is 3. The summed E-state index contributed by atoms with van der Waals surface area (Å²) in [4.78, 5) is 0. The zero-order valence-electron chi connectivity index (χ0n) is 9.90. The van der Waals surface area contributed by atoms with Crippen molar-refractivity contribution in [2.75, 3.05) is 12.9 Å². The molecule has 1 aromatic rings. The van der Waals surface area contributed by atoms with E-state index in [0.717, 1.165) is 12.3 Å². The molecule has 0 saturated carbocycles. The van der Waals surface area contributed by atoms with Gasteiger partial charge in [0.1, 0.15) is 18.5 Å². The van der Waals surface area contributed by atoms with Crippen molar-refractivity contribution in [2.45, 2.75) is 18.7 Å². The Morgan fingerprint density at radius 1 is 1.42 bits per heavy atom. The van der Waals surface area contributed by atoms with E-state index in [2.05, 4.69) is 4.18 Å². The highest BCUT2D eigenvalue weighted by atomic mass is 32.2. The van der Waals surface area contributed by atoms with Gasteiger partial charge in [-0.05, 0) is 12.1 Å². The van der Waals surface area contributed by atoms with Crippen LogP contribution in [0, 0.1) is 0 Å². The van der Waals surface area contributed by atoms with Gasteiger partial charge in [0, 0.05) is 12.0 Å². The average molecular weight is 296 g/mol. The summed E-state index contributed by atoms with van der Waals surface area (Å²) in [5.74, 6) is 0.122. The van der Waals surface area contributed by atoms with Gasteiger partial charge in [-0.15, -0.1) is 0 Å². The van der Waals surface area contributed by atoms with Crippen molar-refractivity contribution in [1.29, 1.82) is 0 Å². The zero-order valence-corrected chi connectivity index (χ0v) is 10.7. The Labute approximate surface area is 108 Å². The van der Waals surface area contributed by atoms with Crippen molar-refractivity contribution >= 4 is 10.1 Å². The van der Waals surface area contributed by atoms with E-state index in [4.69, 9.17) is 4.74 Å². The Bertz CT molecular complexity index is 580. The smallest absolute Gasteiger partial charge is 0.416 e. The van der Waals surface area contributed by atoms with E-state index in [0.29, 0.717) is 0 Å². The van der Waals surface area contributed by atoms with Crippen LogP contribution in [0.3, 0.4) is 0 Å². The summed E-state index contributed by atoms with van der Waals surface area (Å²) in [6.45, 7) is -0.301. The summed E-state index contributed by atoms with van der Waals surface area (Å²) in [7, 11) is -3.64. The first-order chi connectivity index (χ1) is 8.67. The maximum Gasteiger partial charge on any atom is 0.416 e. The highest BCUT2D eigenvalue weighted by Crippen LogP contribution is 2.40. The average Bonchev–Trinajstić information content (AvgIpc) is 2.66. The first-order valence-corrected chi connectivity index (χ1v) is 7.18. The van der Waals surface area contributed by atoms with Gasteiger partial charge in [0.25, 0.3) is 10.1 Å². The minimum atomic E-state index is -4.46. The number of ether oxygens (including phenoxy) is 1. The molecule has 1 unspecified atom stereocenters. The van der Waals surface area contributed by atoms with Crippen molar-refractivity contribution in [2.24, 2.45) is 0 Å². The van der Waals surface area contributed by atoms with Crippen molar-refractivity contribution in [1.82, 2.24) is 0 Å². The van der Waals surface area contributed by atoms with E-state index >= 15 is 0 Å². The molecule has 0 saturated heterocycles. The number of hydrogen-bond donors (Lipinski definition) is 0. The van der Waals surface area contributed by atoms with Crippen LogP contribution in [0.4, 0.5) is 13.2 Å². The van der Waals surface area contributed by atoms with E-state index in [1.54, 1.807) is 0 Å². The lowest BCUT2D eigenvalue weighted by Crippen LogP contribution is -2.22. The van der Waals surface area contributed by atoms with Crippen molar-refractivity contribution in [3.8, 4) is 5.75 Å². The summed E-state index contributed by atoms with van der Waals surface area (Å²) in [6, 6.07) is 3.65. The molecule has 0 N–H and O–H groups in total.